The third kappa shape index (κ3) is 7.94. The lowest BCUT2D eigenvalue weighted by molar-refractivity contribution is -0.118. The molecular weight excluding hydrogens is 480 g/mol. The number of nitrogens with zero attached hydrogens (tertiary/aromatic N) is 2. The van der Waals surface area contributed by atoms with Crippen molar-refractivity contribution < 1.29 is 14.3 Å². The molecule has 1 aromatic heterocycles. The quantitative estimate of drug-likeness (QED) is 0.225. The topological polar surface area (TPSA) is 93.2 Å². The fourth-order valence-corrected chi connectivity index (χ4v) is 4.91. The molecule has 9 heteroatoms. The number of amides is 2. The van der Waals surface area contributed by atoms with Crippen LogP contribution >= 0.6 is 23.1 Å². The minimum absolute atomic E-state index is 0.116. The molecule has 2 N–H and O–H groups in total. The molecular formula is C26H24N4O3S2. The van der Waals surface area contributed by atoms with Crippen LogP contribution in [0.5, 0.6) is 0 Å². The molecule has 1 heterocycles. The predicted octanol–water partition coefficient (Wildman–Crippen LogP) is 5.31. The van der Waals surface area contributed by atoms with E-state index in [4.69, 9.17) is 4.74 Å². The van der Waals surface area contributed by atoms with Crippen LogP contribution in [-0.4, -0.2) is 28.2 Å². The van der Waals surface area contributed by atoms with Gasteiger partial charge in [-0.1, -0.05) is 114 Å². The molecule has 0 radical (unpaired) electrons. The summed E-state index contributed by atoms with van der Waals surface area (Å²) in [5.41, 5.74) is 2.95. The zero-order chi connectivity index (χ0) is 24.3. The van der Waals surface area contributed by atoms with Crippen molar-refractivity contribution in [3.05, 3.63) is 108 Å². The molecule has 0 spiro atoms. The minimum atomic E-state index is -0.843. The summed E-state index contributed by atoms with van der Waals surface area (Å²) in [4.78, 5) is 25.5. The maximum atomic E-state index is 13.1. The van der Waals surface area contributed by atoms with Crippen molar-refractivity contribution in [1.82, 2.24) is 15.5 Å². The normalized spacial score (nSPS) is 11.4. The van der Waals surface area contributed by atoms with E-state index in [-0.39, 0.29) is 12.5 Å². The summed E-state index contributed by atoms with van der Waals surface area (Å²) < 4.78 is 6.07. The van der Waals surface area contributed by atoms with Crippen molar-refractivity contribution in [3.8, 4) is 0 Å². The number of alkyl carbamates (subject to hydrolysis) is 1. The molecule has 4 aromatic rings. The first-order valence-corrected chi connectivity index (χ1v) is 12.8. The summed E-state index contributed by atoms with van der Waals surface area (Å²) in [5.74, 6) is 0.371. The molecule has 4 rings (SSSR count). The summed E-state index contributed by atoms with van der Waals surface area (Å²) in [6.45, 7) is 0.116. The van der Waals surface area contributed by atoms with Gasteiger partial charge in [0.2, 0.25) is 11.0 Å². The van der Waals surface area contributed by atoms with Crippen molar-refractivity contribution in [1.29, 1.82) is 0 Å². The average Bonchev–Trinajstić information content (AvgIpc) is 3.35. The molecule has 0 aliphatic carbocycles. The van der Waals surface area contributed by atoms with E-state index in [9.17, 15) is 9.59 Å². The van der Waals surface area contributed by atoms with Gasteiger partial charge in [0.1, 0.15) is 12.6 Å². The number of anilines is 1. The lowest BCUT2D eigenvalue weighted by Gasteiger charge is -2.17. The molecule has 0 fully saturated rings. The largest absolute Gasteiger partial charge is 0.445 e. The van der Waals surface area contributed by atoms with Gasteiger partial charge in [-0.05, 0) is 16.7 Å². The molecule has 2 amide bonds. The Balaban J connectivity index is 1.36. The van der Waals surface area contributed by atoms with Gasteiger partial charge in [-0.15, -0.1) is 10.2 Å². The molecule has 0 aliphatic rings. The van der Waals surface area contributed by atoms with Gasteiger partial charge in [0.15, 0.2) is 4.34 Å². The van der Waals surface area contributed by atoms with Crippen LogP contribution in [0.1, 0.15) is 16.7 Å². The van der Waals surface area contributed by atoms with Gasteiger partial charge in [-0.25, -0.2) is 4.79 Å². The number of rotatable bonds is 10. The number of nitrogens with one attached hydrogen (secondary N) is 2. The number of hydrogen-bond donors (Lipinski definition) is 2. The lowest BCUT2D eigenvalue weighted by Crippen LogP contribution is -2.45. The predicted molar refractivity (Wildman–Crippen MR) is 138 cm³/mol. The highest BCUT2D eigenvalue weighted by molar-refractivity contribution is 8.00. The van der Waals surface area contributed by atoms with Crippen molar-refractivity contribution >= 4 is 40.2 Å². The Morgan fingerprint density at radius 1 is 0.829 bits per heavy atom. The second-order valence-electron chi connectivity index (χ2n) is 7.59. The standard InChI is InChI=1S/C26H24N4O3S2/c31-23(28-24-29-30-26(35-24)34-18-21-14-8-3-9-15-21)22(16-19-10-4-1-5-11-19)27-25(32)33-17-20-12-6-2-7-13-20/h1-15,22H,16-18H2,(H,27,32)(H,28,29,31)/t22-/m0/s1. The van der Waals surface area contributed by atoms with Gasteiger partial charge < -0.3 is 10.1 Å². The molecule has 0 bridgehead atoms. The zero-order valence-corrected chi connectivity index (χ0v) is 20.4. The van der Waals surface area contributed by atoms with E-state index in [0.29, 0.717) is 11.6 Å². The summed E-state index contributed by atoms with van der Waals surface area (Å²) in [7, 11) is 0. The highest BCUT2D eigenvalue weighted by Gasteiger charge is 2.23. The van der Waals surface area contributed by atoms with E-state index in [1.54, 1.807) is 11.8 Å². The third-order valence-corrected chi connectivity index (χ3v) is 6.99. The third-order valence-electron chi connectivity index (χ3n) is 4.95. The SMILES string of the molecule is O=C(N[C@@H](Cc1ccccc1)C(=O)Nc1nnc(SCc2ccccc2)s1)OCc1ccccc1. The minimum Gasteiger partial charge on any atom is -0.445 e. The van der Waals surface area contributed by atoms with Crippen LogP contribution in [0, 0.1) is 0 Å². The molecule has 0 saturated carbocycles. The van der Waals surface area contributed by atoms with Crippen molar-refractivity contribution in [2.45, 2.75) is 29.2 Å². The van der Waals surface area contributed by atoms with E-state index < -0.39 is 12.1 Å². The first kappa shape index (κ1) is 24.4. The molecule has 0 saturated heterocycles. The Morgan fingerprint density at radius 2 is 1.43 bits per heavy atom. The summed E-state index contributed by atoms with van der Waals surface area (Å²) in [6, 6.07) is 28.1. The van der Waals surface area contributed by atoms with Crippen LogP contribution in [-0.2, 0) is 28.3 Å². The molecule has 1 atom stereocenters. The molecule has 3 aromatic carbocycles. The van der Waals surface area contributed by atoms with Crippen molar-refractivity contribution in [3.63, 3.8) is 0 Å². The highest BCUT2D eigenvalue weighted by Crippen LogP contribution is 2.28. The van der Waals surface area contributed by atoms with E-state index in [1.807, 2.05) is 91.0 Å². The summed E-state index contributed by atoms with van der Waals surface area (Å²) >= 11 is 2.85. The monoisotopic (exact) mass is 504 g/mol. The van der Waals surface area contributed by atoms with Crippen LogP contribution in [0.15, 0.2) is 95.3 Å². The van der Waals surface area contributed by atoms with Gasteiger partial charge in [-0.3, -0.25) is 10.1 Å². The van der Waals surface area contributed by atoms with Gasteiger partial charge in [0.05, 0.1) is 0 Å². The van der Waals surface area contributed by atoms with Crippen molar-refractivity contribution in [2.75, 3.05) is 5.32 Å². The van der Waals surface area contributed by atoms with Crippen LogP contribution in [0.25, 0.3) is 0 Å². The Kier molecular flexibility index (Phi) is 8.85. The lowest BCUT2D eigenvalue weighted by atomic mass is 10.1. The molecule has 7 nitrogen and oxygen atoms in total. The maximum Gasteiger partial charge on any atom is 0.408 e. The first-order valence-electron chi connectivity index (χ1n) is 11.0. The van der Waals surface area contributed by atoms with Gasteiger partial charge in [0, 0.05) is 12.2 Å². The van der Waals surface area contributed by atoms with Gasteiger partial charge in [-0.2, -0.15) is 0 Å². The Bertz CT molecular complexity index is 1220. The number of benzene rings is 3. The van der Waals surface area contributed by atoms with Crippen LogP contribution in [0.2, 0.25) is 0 Å². The van der Waals surface area contributed by atoms with Crippen LogP contribution in [0.3, 0.4) is 0 Å². The summed E-state index contributed by atoms with van der Waals surface area (Å²) in [6.07, 6.45) is -0.358. The number of carbonyl (C=O) groups excluding carboxylic acids is 2. The number of thioether (sulfide) groups is 1. The number of aromatic nitrogens is 2. The van der Waals surface area contributed by atoms with E-state index in [0.717, 1.165) is 21.2 Å². The van der Waals surface area contributed by atoms with E-state index in [1.165, 1.54) is 16.9 Å². The number of carbonyl (C=O) groups is 2. The van der Waals surface area contributed by atoms with Gasteiger partial charge in [0.25, 0.3) is 0 Å². The molecule has 0 aliphatic heterocycles. The molecule has 178 valence electrons. The van der Waals surface area contributed by atoms with Crippen molar-refractivity contribution in [2.24, 2.45) is 0 Å². The second kappa shape index (κ2) is 12.7. The van der Waals surface area contributed by atoms with Crippen LogP contribution in [0.4, 0.5) is 9.93 Å². The number of ether oxygens (including phenoxy) is 1. The average molecular weight is 505 g/mol. The second-order valence-corrected chi connectivity index (χ2v) is 9.79. The summed E-state index contributed by atoms with van der Waals surface area (Å²) in [5, 5.41) is 14.1. The zero-order valence-electron chi connectivity index (χ0n) is 18.8. The van der Waals surface area contributed by atoms with E-state index >= 15 is 0 Å². The number of hydrogen-bond acceptors (Lipinski definition) is 7. The Morgan fingerprint density at radius 3 is 2.09 bits per heavy atom. The highest BCUT2D eigenvalue weighted by atomic mass is 32.2. The van der Waals surface area contributed by atoms with E-state index in [2.05, 4.69) is 20.8 Å². The van der Waals surface area contributed by atoms with Gasteiger partial charge >= 0.3 is 6.09 Å². The first-order chi connectivity index (χ1) is 17.2. The fraction of sp³-hybridized carbons (Fsp3) is 0.154. The maximum absolute atomic E-state index is 13.1. The Labute approximate surface area is 211 Å². The Hall–Kier alpha value is -3.69. The smallest absolute Gasteiger partial charge is 0.408 e. The molecule has 0 unspecified atom stereocenters. The van der Waals surface area contributed by atoms with Crippen LogP contribution < -0.4 is 10.6 Å². The molecule has 35 heavy (non-hydrogen) atoms. The fourth-order valence-electron chi connectivity index (χ4n) is 3.20.